The number of rotatable bonds is 8. The molecule has 0 aromatic heterocycles. The number of hydrogen-bond donors (Lipinski definition) is 0. The van der Waals surface area contributed by atoms with Crippen LogP contribution in [-0.2, 0) is 24.2 Å². The lowest BCUT2D eigenvalue weighted by molar-refractivity contribution is 0.144. The number of benzene rings is 3. The van der Waals surface area contributed by atoms with Crippen LogP contribution in [0.25, 0.3) is 0 Å². The van der Waals surface area contributed by atoms with Gasteiger partial charge in [-0.05, 0) is 23.1 Å². The molecule has 2 atom stereocenters. The molecule has 0 N–H and O–H groups in total. The summed E-state index contributed by atoms with van der Waals surface area (Å²) < 4.78 is 5.76. The largest absolute Gasteiger partial charge is 0.371 e. The van der Waals surface area contributed by atoms with E-state index in [4.69, 9.17) is 4.74 Å². The first-order chi connectivity index (χ1) is 12.9. The summed E-state index contributed by atoms with van der Waals surface area (Å²) in [6.07, 6.45) is 1.35. The van der Waals surface area contributed by atoms with Crippen LogP contribution in [0.5, 0.6) is 0 Å². The van der Waals surface area contributed by atoms with Crippen molar-refractivity contribution < 1.29 is 4.74 Å². The number of epoxide rings is 1. The van der Waals surface area contributed by atoms with E-state index in [1.165, 1.54) is 16.7 Å². The van der Waals surface area contributed by atoms with Crippen molar-refractivity contribution >= 4 is 0 Å². The lowest BCUT2D eigenvalue weighted by Crippen LogP contribution is -2.40. The molecular weight excluding hydrogens is 318 g/mol. The Bertz CT molecular complexity index is 743. The van der Waals surface area contributed by atoms with Gasteiger partial charge in [0.05, 0.1) is 12.7 Å². The van der Waals surface area contributed by atoms with Gasteiger partial charge in [0.25, 0.3) is 0 Å². The van der Waals surface area contributed by atoms with E-state index in [0.29, 0.717) is 12.1 Å². The quantitative estimate of drug-likeness (QED) is 0.551. The van der Waals surface area contributed by atoms with Gasteiger partial charge >= 0.3 is 0 Å². The highest BCUT2D eigenvalue weighted by Gasteiger charge is 2.36. The van der Waals surface area contributed by atoms with Crippen LogP contribution in [0.3, 0.4) is 0 Å². The second kappa shape index (κ2) is 8.31. The van der Waals surface area contributed by atoms with Crippen molar-refractivity contribution in [1.82, 2.24) is 4.90 Å². The molecule has 1 aliphatic rings. The van der Waals surface area contributed by atoms with E-state index < -0.39 is 0 Å². The van der Waals surface area contributed by atoms with E-state index in [9.17, 15) is 0 Å². The van der Waals surface area contributed by atoms with E-state index >= 15 is 0 Å². The van der Waals surface area contributed by atoms with E-state index in [0.717, 1.165) is 26.1 Å². The minimum atomic E-state index is 0.336. The Balaban J connectivity index is 1.58. The summed E-state index contributed by atoms with van der Waals surface area (Å²) in [5, 5.41) is 0. The first-order valence-electron chi connectivity index (χ1n) is 9.36. The Morgan fingerprint density at radius 2 is 1.12 bits per heavy atom. The van der Waals surface area contributed by atoms with Crippen molar-refractivity contribution in [3.63, 3.8) is 0 Å². The second-order valence-electron chi connectivity index (χ2n) is 7.01. The van der Waals surface area contributed by atoms with E-state index in [1.54, 1.807) is 0 Å². The third-order valence-corrected chi connectivity index (χ3v) is 5.00. The fraction of sp³-hybridized carbons (Fsp3) is 0.250. The zero-order valence-electron chi connectivity index (χ0n) is 15.0. The average Bonchev–Trinajstić information content (AvgIpc) is 3.53. The van der Waals surface area contributed by atoms with Crippen LogP contribution in [0.15, 0.2) is 91.0 Å². The summed E-state index contributed by atoms with van der Waals surface area (Å²) in [6.45, 7) is 2.75. The first-order valence-corrected chi connectivity index (χ1v) is 9.36. The average molecular weight is 343 g/mol. The van der Waals surface area contributed by atoms with Crippen molar-refractivity contribution in [2.75, 3.05) is 6.61 Å². The van der Waals surface area contributed by atoms with Crippen molar-refractivity contribution in [3.8, 4) is 0 Å². The molecule has 2 nitrogen and oxygen atoms in total. The van der Waals surface area contributed by atoms with E-state index in [2.05, 4.69) is 95.9 Å². The zero-order valence-corrected chi connectivity index (χ0v) is 15.0. The second-order valence-corrected chi connectivity index (χ2v) is 7.01. The Morgan fingerprint density at radius 1 is 0.692 bits per heavy atom. The van der Waals surface area contributed by atoms with Gasteiger partial charge in [-0.15, -0.1) is 0 Å². The summed E-state index contributed by atoms with van der Waals surface area (Å²) in [5.41, 5.74) is 4.07. The van der Waals surface area contributed by atoms with Crippen molar-refractivity contribution in [3.05, 3.63) is 108 Å². The van der Waals surface area contributed by atoms with Crippen LogP contribution >= 0.6 is 0 Å². The minimum absolute atomic E-state index is 0.336. The molecule has 132 valence electrons. The highest BCUT2D eigenvalue weighted by atomic mass is 16.6. The standard InChI is InChI=1S/C24H25NO/c1-4-10-20(11-5-1)16-23(24-19-26-24)25(17-21-12-6-2-7-13-21)18-22-14-8-3-9-15-22/h1-15,23-24H,16-19H2/t23?,24-/m1/s1. The van der Waals surface area contributed by atoms with Gasteiger partial charge in [0, 0.05) is 19.1 Å². The Morgan fingerprint density at radius 3 is 1.54 bits per heavy atom. The molecule has 3 aromatic carbocycles. The van der Waals surface area contributed by atoms with E-state index in [1.807, 2.05) is 0 Å². The maximum absolute atomic E-state index is 5.76. The Hall–Kier alpha value is -2.42. The number of ether oxygens (including phenoxy) is 1. The molecule has 0 radical (unpaired) electrons. The molecule has 1 saturated heterocycles. The maximum Gasteiger partial charge on any atom is 0.0968 e. The topological polar surface area (TPSA) is 15.8 Å². The van der Waals surface area contributed by atoms with Gasteiger partial charge in [0.15, 0.2) is 0 Å². The van der Waals surface area contributed by atoms with Crippen LogP contribution in [0.4, 0.5) is 0 Å². The first kappa shape index (κ1) is 17.0. The molecule has 0 bridgehead atoms. The molecule has 1 aliphatic heterocycles. The highest BCUT2D eigenvalue weighted by molar-refractivity contribution is 5.20. The normalized spacial score (nSPS) is 17.2. The predicted octanol–water partition coefficient (Wildman–Crippen LogP) is 4.70. The summed E-state index contributed by atoms with van der Waals surface area (Å²) in [4.78, 5) is 2.58. The minimum Gasteiger partial charge on any atom is -0.371 e. The summed E-state index contributed by atoms with van der Waals surface area (Å²) >= 11 is 0. The van der Waals surface area contributed by atoms with Gasteiger partial charge in [-0.25, -0.2) is 0 Å². The molecular formula is C24H25NO. The molecule has 0 amide bonds. The predicted molar refractivity (Wildman–Crippen MR) is 106 cm³/mol. The van der Waals surface area contributed by atoms with E-state index in [-0.39, 0.29) is 0 Å². The highest BCUT2D eigenvalue weighted by Crippen LogP contribution is 2.26. The summed E-state index contributed by atoms with van der Waals surface area (Å²) in [5.74, 6) is 0. The van der Waals surface area contributed by atoms with Crippen LogP contribution < -0.4 is 0 Å². The smallest absolute Gasteiger partial charge is 0.0968 e. The molecule has 0 saturated carbocycles. The van der Waals surface area contributed by atoms with Gasteiger partial charge in [0.2, 0.25) is 0 Å². The zero-order chi connectivity index (χ0) is 17.6. The molecule has 2 heteroatoms. The van der Waals surface area contributed by atoms with Gasteiger partial charge in [-0.2, -0.15) is 0 Å². The molecule has 4 rings (SSSR count). The summed E-state index contributed by atoms with van der Waals surface area (Å²) in [7, 11) is 0. The third-order valence-electron chi connectivity index (χ3n) is 5.00. The third kappa shape index (κ3) is 4.60. The molecule has 26 heavy (non-hydrogen) atoms. The van der Waals surface area contributed by atoms with Crippen molar-refractivity contribution in [2.24, 2.45) is 0 Å². The van der Waals surface area contributed by atoms with Gasteiger partial charge in [-0.3, -0.25) is 4.90 Å². The maximum atomic E-state index is 5.76. The number of nitrogens with zero attached hydrogens (tertiary/aromatic N) is 1. The van der Waals surface area contributed by atoms with Gasteiger partial charge in [0.1, 0.15) is 0 Å². The Labute approximate surface area is 156 Å². The lowest BCUT2D eigenvalue weighted by Gasteiger charge is -2.31. The molecule has 1 fully saturated rings. The summed E-state index contributed by atoms with van der Waals surface area (Å²) in [6, 6.07) is 32.7. The molecule has 0 aliphatic carbocycles. The fourth-order valence-corrected chi connectivity index (χ4v) is 3.56. The number of hydrogen-bond acceptors (Lipinski definition) is 2. The Kier molecular flexibility index (Phi) is 5.44. The van der Waals surface area contributed by atoms with Gasteiger partial charge < -0.3 is 4.74 Å². The lowest BCUT2D eigenvalue weighted by atomic mass is 10.0. The van der Waals surface area contributed by atoms with Crippen LogP contribution in [-0.4, -0.2) is 23.7 Å². The molecule has 0 spiro atoms. The molecule has 1 heterocycles. The van der Waals surface area contributed by atoms with Crippen molar-refractivity contribution in [1.29, 1.82) is 0 Å². The molecule has 3 aromatic rings. The SMILES string of the molecule is c1ccc(CC([C@H]2CO2)N(Cc2ccccc2)Cc2ccccc2)cc1. The van der Waals surface area contributed by atoms with Crippen LogP contribution in [0.2, 0.25) is 0 Å². The monoisotopic (exact) mass is 343 g/mol. The van der Waals surface area contributed by atoms with Crippen LogP contribution in [0, 0.1) is 0 Å². The fourth-order valence-electron chi connectivity index (χ4n) is 3.56. The van der Waals surface area contributed by atoms with Crippen LogP contribution in [0.1, 0.15) is 16.7 Å². The van der Waals surface area contributed by atoms with Gasteiger partial charge in [-0.1, -0.05) is 91.0 Å². The van der Waals surface area contributed by atoms with Crippen molar-refractivity contribution in [2.45, 2.75) is 31.7 Å². The molecule has 1 unspecified atom stereocenters.